The molecule has 0 heterocycles. The first-order valence-corrected chi connectivity index (χ1v) is 6.96. The van der Waals surface area contributed by atoms with E-state index in [1.807, 2.05) is 4.72 Å². The number of benzene rings is 1. The van der Waals surface area contributed by atoms with Gasteiger partial charge in [0.05, 0.1) is 4.90 Å². The van der Waals surface area contributed by atoms with Crippen LogP contribution in [0.15, 0.2) is 29.2 Å². The van der Waals surface area contributed by atoms with Crippen molar-refractivity contribution < 1.29 is 22.7 Å². The van der Waals surface area contributed by atoms with Crippen molar-refractivity contribution in [3.8, 4) is 0 Å². The molecule has 104 valence electrons. The molecule has 0 saturated carbocycles. The van der Waals surface area contributed by atoms with Gasteiger partial charge in [-0.25, -0.2) is 13.1 Å². The first kappa shape index (κ1) is 15.3. The van der Waals surface area contributed by atoms with Crippen LogP contribution in [0.2, 0.25) is 0 Å². The van der Waals surface area contributed by atoms with Crippen molar-refractivity contribution in [1.82, 2.24) is 4.72 Å². The monoisotopic (exact) mass is 285 g/mol. The number of ketones is 1. The van der Waals surface area contributed by atoms with Crippen LogP contribution in [0.5, 0.6) is 0 Å². The summed E-state index contributed by atoms with van der Waals surface area (Å²) in [6.07, 6.45) is -0.869. The molecule has 6 nitrogen and oxygen atoms in total. The Labute approximate surface area is 111 Å². The predicted molar refractivity (Wildman–Crippen MR) is 68.2 cm³/mol. The molecule has 0 aliphatic rings. The average molecular weight is 285 g/mol. The van der Waals surface area contributed by atoms with Crippen molar-refractivity contribution in [2.75, 3.05) is 7.11 Å². The lowest BCUT2D eigenvalue weighted by Crippen LogP contribution is -2.38. The highest BCUT2D eigenvalue weighted by Crippen LogP contribution is 2.11. The van der Waals surface area contributed by atoms with E-state index in [2.05, 4.69) is 0 Å². The van der Waals surface area contributed by atoms with Crippen molar-refractivity contribution in [3.63, 3.8) is 0 Å². The molecule has 0 aliphatic carbocycles. The molecular formula is C12H15NO5S. The molecule has 0 unspecified atom stereocenters. The van der Waals surface area contributed by atoms with E-state index in [-0.39, 0.29) is 10.7 Å². The lowest BCUT2D eigenvalue weighted by atomic mass is 10.2. The van der Waals surface area contributed by atoms with Crippen LogP contribution in [0.25, 0.3) is 0 Å². The number of amides is 1. The van der Waals surface area contributed by atoms with Gasteiger partial charge in [0, 0.05) is 12.7 Å². The number of sulfonamides is 1. The lowest BCUT2D eigenvalue weighted by Gasteiger charge is -2.11. The summed E-state index contributed by atoms with van der Waals surface area (Å²) in [7, 11) is -2.64. The van der Waals surface area contributed by atoms with Gasteiger partial charge in [-0.15, -0.1) is 0 Å². The topological polar surface area (TPSA) is 89.5 Å². The Morgan fingerprint density at radius 2 is 1.74 bits per heavy atom. The maximum absolute atomic E-state index is 11.9. The molecule has 7 heteroatoms. The molecule has 1 aromatic carbocycles. The zero-order chi connectivity index (χ0) is 14.6. The highest BCUT2D eigenvalue weighted by Gasteiger charge is 2.21. The molecule has 0 radical (unpaired) electrons. The molecular weight excluding hydrogens is 270 g/mol. The molecule has 0 spiro atoms. The SMILES string of the molecule is CO[C@H](C)C(=O)NS(=O)(=O)c1ccc(C(C)=O)cc1. The van der Waals surface area contributed by atoms with Gasteiger partial charge in [0.15, 0.2) is 5.78 Å². The molecule has 0 aliphatic heterocycles. The normalized spacial score (nSPS) is 12.8. The lowest BCUT2D eigenvalue weighted by molar-refractivity contribution is -0.128. The fourth-order valence-electron chi connectivity index (χ4n) is 1.25. The summed E-state index contributed by atoms with van der Waals surface area (Å²) in [5, 5.41) is 0. The van der Waals surface area contributed by atoms with E-state index < -0.39 is 22.0 Å². The molecule has 1 atom stereocenters. The average Bonchev–Trinajstić information content (AvgIpc) is 2.37. The van der Waals surface area contributed by atoms with Gasteiger partial charge in [-0.1, -0.05) is 12.1 Å². The molecule has 1 amide bonds. The van der Waals surface area contributed by atoms with Crippen LogP contribution in [-0.4, -0.2) is 33.3 Å². The van der Waals surface area contributed by atoms with Gasteiger partial charge in [0.2, 0.25) is 0 Å². The first-order valence-electron chi connectivity index (χ1n) is 5.48. The maximum Gasteiger partial charge on any atom is 0.264 e. The van der Waals surface area contributed by atoms with Crippen molar-refractivity contribution >= 4 is 21.7 Å². The van der Waals surface area contributed by atoms with Crippen LogP contribution in [0, 0.1) is 0 Å². The third kappa shape index (κ3) is 3.87. The number of ether oxygens (including phenoxy) is 1. The molecule has 1 aromatic rings. The van der Waals surface area contributed by atoms with Crippen molar-refractivity contribution in [1.29, 1.82) is 0 Å². The van der Waals surface area contributed by atoms with Crippen LogP contribution in [-0.2, 0) is 19.6 Å². The number of hydrogen-bond donors (Lipinski definition) is 1. The van der Waals surface area contributed by atoms with Crippen LogP contribution >= 0.6 is 0 Å². The summed E-state index contributed by atoms with van der Waals surface area (Å²) in [6, 6.07) is 5.32. The zero-order valence-corrected chi connectivity index (χ0v) is 11.7. The molecule has 0 fully saturated rings. The summed E-state index contributed by atoms with van der Waals surface area (Å²) in [5.41, 5.74) is 0.399. The quantitative estimate of drug-likeness (QED) is 0.805. The Morgan fingerprint density at radius 3 is 2.16 bits per heavy atom. The highest BCUT2D eigenvalue weighted by atomic mass is 32.2. The van der Waals surface area contributed by atoms with Gasteiger partial charge < -0.3 is 4.74 Å². The van der Waals surface area contributed by atoms with Crippen LogP contribution in [0.4, 0.5) is 0 Å². The van der Waals surface area contributed by atoms with Crippen LogP contribution < -0.4 is 4.72 Å². The third-order valence-electron chi connectivity index (χ3n) is 2.53. The Morgan fingerprint density at radius 1 is 1.21 bits per heavy atom. The minimum absolute atomic E-state index is 0.0887. The van der Waals surface area contributed by atoms with E-state index >= 15 is 0 Å². The fraction of sp³-hybridized carbons (Fsp3) is 0.333. The van der Waals surface area contributed by atoms with Crippen LogP contribution in [0.3, 0.4) is 0 Å². The van der Waals surface area contributed by atoms with Gasteiger partial charge in [-0.3, -0.25) is 9.59 Å². The molecule has 1 rings (SSSR count). The minimum atomic E-state index is -3.95. The number of rotatable bonds is 5. The van der Waals surface area contributed by atoms with E-state index in [1.165, 1.54) is 45.2 Å². The maximum atomic E-state index is 11.9. The van der Waals surface area contributed by atoms with E-state index in [0.717, 1.165) is 0 Å². The van der Waals surface area contributed by atoms with E-state index in [9.17, 15) is 18.0 Å². The summed E-state index contributed by atoms with van der Waals surface area (Å²) < 4.78 is 30.4. The Hall–Kier alpha value is -1.73. The van der Waals surface area contributed by atoms with E-state index in [0.29, 0.717) is 5.56 Å². The van der Waals surface area contributed by atoms with E-state index in [1.54, 1.807) is 0 Å². The standard InChI is InChI=1S/C12H15NO5S/c1-8(14)10-4-6-11(7-5-10)19(16,17)13-12(15)9(2)18-3/h4-7,9H,1-3H3,(H,13,15)/t9-/m1/s1. The summed E-state index contributed by atoms with van der Waals surface area (Å²) in [5.74, 6) is -0.917. The van der Waals surface area contributed by atoms with Crippen molar-refractivity contribution in [2.24, 2.45) is 0 Å². The Balaban J connectivity index is 2.95. The van der Waals surface area contributed by atoms with Crippen molar-refractivity contribution in [2.45, 2.75) is 24.8 Å². The Kier molecular flexibility index (Phi) is 4.79. The molecule has 1 N–H and O–H groups in total. The summed E-state index contributed by atoms with van der Waals surface area (Å²) >= 11 is 0. The predicted octanol–water partition coefficient (Wildman–Crippen LogP) is 0.729. The van der Waals surface area contributed by atoms with Gasteiger partial charge in [-0.2, -0.15) is 0 Å². The number of Topliss-reactive ketones (excluding diaryl/α,β-unsaturated/α-hetero) is 1. The molecule has 0 saturated heterocycles. The first-order chi connectivity index (χ1) is 8.77. The summed E-state index contributed by atoms with van der Waals surface area (Å²) in [4.78, 5) is 22.5. The zero-order valence-electron chi connectivity index (χ0n) is 10.8. The van der Waals surface area contributed by atoms with E-state index in [4.69, 9.17) is 4.74 Å². The smallest absolute Gasteiger partial charge is 0.264 e. The van der Waals surface area contributed by atoms with Crippen molar-refractivity contribution in [3.05, 3.63) is 29.8 Å². The third-order valence-corrected chi connectivity index (χ3v) is 3.89. The number of hydrogen-bond acceptors (Lipinski definition) is 5. The fourth-order valence-corrected chi connectivity index (χ4v) is 2.29. The largest absolute Gasteiger partial charge is 0.372 e. The van der Waals surface area contributed by atoms with Gasteiger partial charge >= 0.3 is 0 Å². The van der Waals surface area contributed by atoms with Gasteiger partial charge in [-0.05, 0) is 26.0 Å². The molecule has 19 heavy (non-hydrogen) atoms. The van der Waals surface area contributed by atoms with Crippen LogP contribution in [0.1, 0.15) is 24.2 Å². The van der Waals surface area contributed by atoms with Gasteiger partial charge in [0.1, 0.15) is 6.10 Å². The highest BCUT2D eigenvalue weighted by molar-refractivity contribution is 7.90. The Bertz CT molecular complexity index is 577. The number of methoxy groups -OCH3 is 1. The molecule has 0 bridgehead atoms. The number of carbonyl (C=O) groups excluding carboxylic acids is 2. The summed E-state index contributed by atoms with van der Waals surface area (Å²) in [6.45, 7) is 2.81. The second-order valence-electron chi connectivity index (χ2n) is 3.93. The van der Waals surface area contributed by atoms with Gasteiger partial charge in [0.25, 0.3) is 15.9 Å². The second-order valence-corrected chi connectivity index (χ2v) is 5.61. The molecule has 0 aromatic heterocycles. The minimum Gasteiger partial charge on any atom is -0.372 e. The second kappa shape index (κ2) is 5.94. The number of carbonyl (C=O) groups is 2. The number of nitrogens with one attached hydrogen (secondary N) is 1.